The van der Waals surface area contributed by atoms with Crippen molar-refractivity contribution in [3.05, 3.63) is 35.4 Å². The van der Waals surface area contributed by atoms with Crippen molar-refractivity contribution in [3.8, 4) is 0 Å². The zero-order chi connectivity index (χ0) is 17.9. The number of piperazine rings is 1. The van der Waals surface area contributed by atoms with Crippen LogP contribution in [0.5, 0.6) is 0 Å². The zero-order valence-electron chi connectivity index (χ0n) is 15.2. The second-order valence-corrected chi connectivity index (χ2v) is 7.41. The zero-order valence-corrected chi connectivity index (χ0v) is 15.2. The van der Waals surface area contributed by atoms with Crippen molar-refractivity contribution < 1.29 is 14.3 Å². The first kappa shape index (κ1) is 17.3. The molecule has 2 atom stereocenters. The predicted octanol–water partition coefficient (Wildman–Crippen LogP) is 2.10. The highest BCUT2D eigenvalue weighted by Gasteiger charge is 2.32. The summed E-state index contributed by atoms with van der Waals surface area (Å²) < 4.78 is 5.49. The molecule has 3 aliphatic rings. The highest BCUT2D eigenvalue weighted by molar-refractivity contribution is 5.82. The van der Waals surface area contributed by atoms with Crippen LogP contribution in [0, 0.1) is 0 Å². The molecule has 0 bridgehead atoms. The van der Waals surface area contributed by atoms with Crippen LogP contribution >= 0.6 is 0 Å². The minimum atomic E-state index is -0.269. The molecule has 4 rings (SSSR count). The van der Waals surface area contributed by atoms with Crippen LogP contribution in [-0.2, 0) is 16.0 Å². The van der Waals surface area contributed by atoms with E-state index >= 15 is 0 Å². The molecule has 2 aliphatic heterocycles. The van der Waals surface area contributed by atoms with Crippen molar-refractivity contribution in [2.75, 3.05) is 32.8 Å². The van der Waals surface area contributed by atoms with Crippen LogP contribution in [0.4, 0.5) is 4.79 Å². The van der Waals surface area contributed by atoms with Gasteiger partial charge in [0.1, 0.15) is 6.10 Å². The average molecular weight is 357 g/mol. The Morgan fingerprint density at radius 2 is 1.77 bits per heavy atom. The molecule has 2 saturated heterocycles. The molecule has 0 spiro atoms. The van der Waals surface area contributed by atoms with Crippen molar-refractivity contribution in [1.82, 2.24) is 15.1 Å². The number of hydrogen-bond donors (Lipinski definition) is 1. The van der Waals surface area contributed by atoms with Crippen LogP contribution in [0.3, 0.4) is 0 Å². The van der Waals surface area contributed by atoms with Gasteiger partial charge in [-0.15, -0.1) is 0 Å². The van der Waals surface area contributed by atoms with Crippen molar-refractivity contribution in [2.24, 2.45) is 0 Å². The molecule has 1 N–H and O–H groups in total. The lowest BCUT2D eigenvalue weighted by molar-refractivity contribution is -0.142. The Kier molecular flexibility index (Phi) is 5.11. The first-order valence-electron chi connectivity index (χ1n) is 9.76. The summed E-state index contributed by atoms with van der Waals surface area (Å²) in [6, 6.07) is 8.46. The smallest absolute Gasteiger partial charge is 0.318 e. The molecule has 0 saturated carbocycles. The lowest BCUT2D eigenvalue weighted by atomic mass is 9.88. The Balaban J connectivity index is 1.31. The maximum absolute atomic E-state index is 12.7. The number of hydrogen-bond acceptors (Lipinski definition) is 3. The lowest BCUT2D eigenvalue weighted by Crippen LogP contribution is -2.55. The summed E-state index contributed by atoms with van der Waals surface area (Å²) in [6.45, 7) is 3.03. The Hall–Kier alpha value is -2.08. The summed E-state index contributed by atoms with van der Waals surface area (Å²) in [5, 5.41) is 3.20. The lowest BCUT2D eigenvalue weighted by Gasteiger charge is -2.37. The van der Waals surface area contributed by atoms with Gasteiger partial charge in [0.2, 0.25) is 0 Å². The fourth-order valence-electron chi connectivity index (χ4n) is 4.25. The van der Waals surface area contributed by atoms with E-state index in [1.807, 2.05) is 15.9 Å². The minimum absolute atomic E-state index is 0.0177. The second kappa shape index (κ2) is 7.66. The standard InChI is InChI=1S/C20H27N3O3/c24-19(18-9-4-14-26-18)22-10-12-23(13-11-22)20(25)21-17-8-3-6-15-5-1-2-7-16(15)17/h1-2,5,7,17-18H,3-4,6,8-14H2,(H,21,25). The molecule has 2 fully saturated rings. The Bertz CT molecular complexity index is 664. The monoisotopic (exact) mass is 357 g/mol. The van der Waals surface area contributed by atoms with Crippen molar-refractivity contribution in [1.29, 1.82) is 0 Å². The second-order valence-electron chi connectivity index (χ2n) is 7.41. The van der Waals surface area contributed by atoms with E-state index in [0.717, 1.165) is 32.1 Å². The summed E-state index contributed by atoms with van der Waals surface area (Å²) in [4.78, 5) is 28.8. The summed E-state index contributed by atoms with van der Waals surface area (Å²) in [7, 11) is 0. The molecule has 6 heteroatoms. The fraction of sp³-hybridized carbons (Fsp3) is 0.600. The van der Waals surface area contributed by atoms with Crippen LogP contribution in [-0.4, -0.2) is 60.6 Å². The third kappa shape index (κ3) is 3.56. The van der Waals surface area contributed by atoms with Crippen LogP contribution in [0.1, 0.15) is 42.9 Å². The van der Waals surface area contributed by atoms with E-state index in [2.05, 4.69) is 23.5 Å². The van der Waals surface area contributed by atoms with Gasteiger partial charge in [0.15, 0.2) is 0 Å². The number of nitrogens with one attached hydrogen (secondary N) is 1. The number of carbonyl (C=O) groups excluding carboxylic acids is 2. The number of urea groups is 1. The molecule has 6 nitrogen and oxygen atoms in total. The van der Waals surface area contributed by atoms with Gasteiger partial charge in [0, 0.05) is 32.8 Å². The van der Waals surface area contributed by atoms with E-state index in [0.29, 0.717) is 32.8 Å². The van der Waals surface area contributed by atoms with Gasteiger partial charge in [-0.05, 0) is 43.2 Å². The SMILES string of the molecule is O=C(NC1CCCc2ccccc21)N1CCN(C(=O)C2CCCO2)CC1. The number of aryl methyl sites for hydroxylation is 1. The van der Waals surface area contributed by atoms with Crippen LogP contribution < -0.4 is 5.32 Å². The number of carbonyl (C=O) groups is 2. The Labute approximate surface area is 154 Å². The van der Waals surface area contributed by atoms with Gasteiger partial charge < -0.3 is 19.9 Å². The summed E-state index contributed by atoms with van der Waals surface area (Å²) in [5.74, 6) is 0.0868. The van der Waals surface area contributed by atoms with E-state index in [1.54, 1.807) is 0 Å². The van der Waals surface area contributed by atoms with Crippen molar-refractivity contribution in [2.45, 2.75) is 44.2 Å². The van der Waals surface area contributed by atoms with E-state index < -0.39 is 0 Å². The summed E-state index contributed by atoms with van der Waals surface area (Å²) >= 11 is 0. The van der Waals surface area contributed by atoms with E-state index in [1.165, 1.54) is 11.1 Å². The van der Waals surface area contributed by atoms with Gasteiger partial charge in [0.05, 0.1) is 6.04 Å². The van der Waals surface area contributed by atoms with Crippen LogP contribution in [0.15, 0.2) is 24.3 Å². The molecular weight excluding hydrogens is 330 g/mol. The Morgan fingerprint density at radius 1 is 1.00 bits per heavy atom. The highest BCUT2D eigenvalue weighted by Crippen LogP contribution is 2.29. The summed E-state index contributed by atoms with van der Waals surface area (Å²) in [5.41, 5.74) is 2.59. The molecule has 0 radical (unpaired) electrons. The fourth-order valence-corrected chi connectivity index (χ4v) is 4.25. The van der Waals surface area contributed by atoms with Crippen molar-refractivity contribution >= 4 is 11.9 Å². The molecule has 0 aromatic heterocycles. The number of ether oxygens (including phenoxy) is 1. The van der Waals surface area contributed by atoms with Crippen molar-refractivity contribution in [3.63, 3.8) is 0 Å². The van der Waals surface area contributed by atoms with E-state index in [-0.39, 0.29) is 24.1 Å². The third-order valence-electron chi connectivity index (χ3n) is 5.75. The molecule has 1 aromatic rings. The van der Waals surface area contributed by atoms with Gasteiger partial charge in [-0.1, -0.05) is 24.3 Å². The van der Waals surface area contributed by atoms with Crippen LogP contribution in [0.25, 0.3) is 0 Å². The number of nitrogens with zero attached hydrogens (tertiary/aromatic N) is 2. The molecule has 140 valence electrons. The maximum Gasteiger partial charge on any atom is 0.318 e. The van der Waals surface area contributed by atoms with Gasteiger partial charge >= 0.3 is 6.03 Å². The van der Waals surface area contributed by atoms with Gasteiger partial charge in [0.25, 0.3) is 5.91 Å². The number of rotatable bonds is 2. The first-order chi connectivity index (χ1) is 12.7. The van der Waals surface area contributed by atoms with Gasteiger partial charge in [-0.25, -0.2) is 4.79 Å². The molecule has 1 aromatic carbocycles. The molecule has 3 amide bonds. The predicted molar refractivity (Wildman–Crippen MR) is 97.8 cm³/mol. The number of amides is 3. The summed E-state index contributed by atoms with van der Waals surface area (Å²) in [6.07, 6.45) is 4.69. The number of fused-ring (bicyclic) bond motifs is 1. The third-order valence-corrected chi connectivity index (χ3v) is 5.75. The van der Waals surface area contributed by atoms with E-state index in [4.69, 9.17) is 4.74 Å². The molecule has 26 heavy (non-hydrogen) atoms. The Morgan fingerprint density at radius 3 is 2.54 bits per heavy atom. The highest BCUT2D eigenvalue weighted by atomic mass is 16.5. The minimum Gasteiger partial charge on any atom is -0.368 e. The average Bonchev–Trinajstić information content (AvgIpc) is 3.23. The maximum atomic E-state index is 12.7. The van der Waals surface area contributed by atoms with Gasteiger partial charge in [-0.3, -0.25) is 4.79 Å². The largest absolute Gasteiger partial charge is 0.368 e. The molecule has 2 heterocycles. The van der Waals surface area contributed by atoms with Gasteiger partial charge in [-0.2, -0.15) is 0 Å². The topological polar surface area (TPSA) is 61.9 Å². The normalized spacial score (nSPS) is 25.7. The quantitative estimate of drug-likeness (QED) is 0.882. The molecule has 2 unspecified atom stereocenters. The molecular formula is C20H27N3O3. The number of benzene rings is 1. The first-order valence-corrected chi connectivity index (χ1v) is 9.76. The van der Waals surface area contributed by atoms with E-state index in [9.17, 15) is 9.59 Å². The van der Waals surface area contributed by atoms with Crippen LogP contribution in [0.2, 0.25) is 0 Å². The molecule has 1 aliphatic carbocycles.